The van der Waals surface area contributed by atoms with Crippen LogP contribution in [0.2, 0.25) is 0 Å². The zero-order valence-electron chi connectivity index (χ0n) is 15.5. The first kappa shape index (κ1) is 21.3. The van der Waals surface area contributed by atoms with Crippen LogP contribution in [0.25, 0.3) is 0 Å². The van der Waals surface area contributed by atoms with E-state index < -0.39 is 6.61 Å². The van der Waals surface area contributed by atoms with Gasteiger partial charge in [0.1, 0.15) is 5.75 Å². The first-order valence-corrected chi connectivity index (χ1v) is 9.28. The number of carbonyl (C=O) groups excluding carboxylic acids is 1. The molecule has 29 heavy (non-hydrogen) atoms. The Bertz CT molecular complexity index is 920. The van der Waals surface area contributed by atoms with E-state index in [4.69, 9.17) is 0 Å². The number of pyridine rings is 1. The number of ether oxygens (including phenoxy) is 1. The van der Waals surface area contributed by atoms with Gasteiger partial charge in [-0.25, -0.2) is 0 Å². The first-order chi connectivity index (χ1) is 13.5. The highest BCUT2D eigenvalue weighted by atomic mass is 35.5. The van der Waals surface area contributed by atoms with Crippen LogP contribution in [0, 0.1) is 5.92 Å². The fraction of sp³-hybridized carbons (Fsp3) is 0.400. The van der Waals surface area contributed by atoms with Gasteiger partial charge in [-0.1, -0.05) is 6.07 Å². The number of benzene rings is 1. The minimum atomic E-state index is -2.91. The SMILES string of the molecule is Cl.O=C(NC[C@H]1[C@@H]2CNC[C@@H](C2)c2cccc(=O)n21)c1ccc(OC(F)F)cc1. The average Bonchev–Trinajstić information content (AvgIpc) is 2.68. The molecular weight excluding hydrogens is 404 g/mol. The molecule has 2 aromatic rings. The van der Waals surface area contributed by atoms with Gasteiger partial charge < -0.3 is 19.9 Å². The van der Waals surface area contributed by atoms with Crippen molar-refractivity contribution in [2.45, 2.75) is 25.0 Å². The Kier molecular flexibility index (Phi) is 6.54. The molecule has 1 aromatic carbocycles. The van der Waals surface area contributed by atoms with Crippen LogP contribution in [0.5, 0.6) is 5.75 Å². The Morgan fingerprint density at radius 2 is 1.97 bits per heavy atom. The molecule has 6 nitrogen and oxygen atoms in total. The van der Waals surface area contributed by atoms with E-state index in [0.29, 0.717) is 18.0 Å². The minimum Gasteiger partial charge on any atom is -0.435 e. The van der Waals surface area contributed by atoms with Gasteiger partial charge in [0.15, 0.2) is 0 Å². The van der Waals surface area contributed by atoms with Gasteiger partial charge in [0.05, 0.1) is 6.04 Å². The first-order valence-electron chi connectivity index (χ1n) is 9.28. The second-order valence-corrected chi connectivity index (χ2v) is 7.19. The van der Waals surface area contributed by atoms with E-state index in [9.17, 15) is 18.4 Å². The molecule has 0 unspecified atom stereocenters. The summed E-state index contributed by atoms with van der Waals surface area (Å²) in [5.74, 6) is 0.245. The van der Waals surface area contributed by atoms with E-state index in [1.165, 1.54) is 24.3 Å². The third-order valence-corrected chi connectivity index (χ3v) is 5.51. The molecule has 2 bridgehead atoms. The van der Waals surface area contributed by atoms with E-state index in [1.807, 2.05) is 10.6 Å². The summed E-state index contributed by atoms with van der Waals surface area (Å²) in [7, 11) is 0. The van der Waals surface area contributed by atoms with E-state index in [1.54, 1.807) is 12.1 Å². The second kappa shape index (κ2) is 8.92. The lowest BCUT2D eigenvalue weighted by molar-refractivity contribution is -0.0498. The fourth-order valence-electron chi connectivity index (χ4n) is 4.25. The Labute approximate surface area is 172 Å². The number of hydrogen-bond donors (Lipinski definition) is 2. The number of aromatic nitrogens is 1. The van der Waals surface area contributed by atoms with Crippen LogP contribution in [-0.4, -0.2) is 36.7 Å². The van der Waals surface area contributed by atoms with Crippen LogP contribution < -0.4 is 20.9 Å². The Morgan fingerprint density at radius 3 is 2.69 bits per heavy atom. The van der Waals surface area contributed by atoms with Gasteiger partial charge in [-0.15, -0.1) is 12.4 Å². The van der Waals surface area contributed by atoms with Crippen LogP contribution >= 0.6 is 12.4 Å². The number of amides is 1. The standard InChI is InChI=1S/C20H21F2N3O3.ClH/c21-20(22)28-15-6-4-12(5-7-15)19(27)24-11-17-14-8-13(9-23-10-14)16-2-1-3-18(26)25(16)17;/h1-7,13-14,17,20,23H,8-11H2,(H,24,27);1H/t13-,14+,17+;/m1./s1. The molecular formula is C20H22ClF2N3O3. The number of halogens is 3. The topological polar surface area (TPSA) is 72.4 Å². The van der Waals surface area contributed by atoms with Crippen LogP contribution in [0.1, 0.15) is 34.4 Å². The lowest BCUT2D eigenvalue weighted by Crippen LogP contribution is -2.50. The van der Waals surface area contributed by atoms with Crippen LogP contribution in [0.4, 0.5) is 8.78 Å². The van der Waals surface area contributed by atoms with Crippen molar-refractivity contribution < 1.29 is 18.3 Å². The number of alkyl halides is 2. The summed E-state index contributed by atoms with van der Waals surface area (Å²) >= 11 is 0. The molecule has 2 aliphatic heterocycles. The minimum absolute atomic E-state index is 0. The maximum atomic E-state index is 12.5. The molecule has 2 N–H and O–H groups in total. The monoisotopic (exact) mass is 425 g/mol. The molecule has 2 aliphatic rings. The summed E-state index contributed by atoms with van der Waals surface area (Å²) in [6.07, 6.45) is 0.983. The van der Waals surface area contributed by atoms with Crippen molar-refractivity contribution in [3.05, 3.63) is 64.1 Å². The zero-order valence-corrected chi connectivity index (χ0v) is 16.3. The van der Waals surface area contributed by atoms with Crippen molar-refractivity contribution in [2.24, 2.45) is 5.92 Å². The summed E-state index contributed by atoms with van der Waals surface area (Å²) in [5, 5.41) is 6.30. The molecule has 0 radical (unpaired) electrons. The molecule has 9 heteroatoms. The highest BCUT2D eigenvalue weighted by molar-refractivity contribution is 5.94. The fourth-order valence-corrected chi connectivity index (χ4v) is 4.25. The van der Waals surface area contributed by atoms with Gasteiger partial charge in [-0.2, -0.15) is 8.78 Å². The lowest BCUT2D eigenvalue weighted by Gasteiger charge is -2.43. The molecule has 4 rings (SSSR count). The predicted molar refractivity (Wildman–Crippen MR) is 106 cm³/mol. The normalized spacial score (nSPS) is 22.4. The number of piperidine rings is 1. The Balaban J connectivity index is 0.00000240. The van der Waals surface area contributed by atoms with Crippen molar-refractivity contribution in [1.82, 2.24) is 15.2 Å². The summed E-state index contributed by atoms with van der Waals surface area (Å²) in [6, 6.07) is 10.7. The van der Waals surface area contributed by atoms with Crippen molar-refractivity contribution in [2.75, 3.05) is 19.6 Å². The molecule has 1 aromatic heterocycles. The molecule has 3 atom stereocenters. The Hall–Kier alpha value is -2.45. The number of hydrogen-bond acceptors (Lipinski definition) is 4. The number of carbonyl (C=O) groups is 1. The number of fused-ring (bicyclic) bond motifs is 4. The molecule has 1 fully saturated rings. The van der Waals surface area contributed by atoms with Crippen molar-refractivity contribution >= 4 is 18.3 Å². The number of nitrogens with zero attached hydrogens (tertiary/aromatic N) is 1. The van der Waals surface area contributed by atoms with Crippen molar-refractivity contribution in [3.63, 3.8) is 0 Å². The maximum absolute atomic E-state index is 12.5. The molecule has 3 heterocycles. The smallest absolute Gasteiger partial charge is 0.387 e. The average molecular weight is 426 g/mol. The lowest BCUT2D eigenvalue weighted by atomic mass is 9.79. The second-order valence-electron chi connectivity index (χ2n) is 7.19. The largest absolute Gasteiger partial charge is 0.435 e. The van der Waals surface area contributed by atoms with Crippen molar-refractivity contribution in [3.8, 4) is 5.75 Å². The van der Waals surface area contributed by atoms with E-state index in [2.05, 4.69) is 15.4 Å². The van der Waals surface area contributed by atoms with Gasteiger partial charge in [0, 0.05) is 42.9 Å². The van der Waals surface area contributed by atoms with Crippen LogP contribution in [0.3, 0.4) is 0 Å². The summed E-state index contributed by atoms with van der Waals surface area (Å²) in [5.41, 5.74) is 1.29. The third kappa shape index (κ3) is 4.43. The van der Waals surface area contributed by atoms with Gasteiger partial charge in [0.2, 0.25) is 0 Å². The highest BCUT2D eigenvalue weighted by Crippen LogP contribution is 2.38. The van der Waals surface area contributed by atoms with Gasteiger partial charge in [-0.05, 0) is 42.7 Å². The highest BCUT2D eigenvalue weighted by Gasteiger charge is 2.37. The van der Waals surface area contributed by atoms with Gasteiger partial charge in [0.25, 0.3) is 11.5 Å². The summed E-state index contributed by atoms with van der Waals surface area (Å²) in [4.78, 5) is 25.0. The zero-order chi connectivity index (χ0) is 19.7. The van der Waals surface area contributed by atoms with Crippen LogP contribution in [-0.2, 0) is 0 Å². The Morgan fingerprint density at radius 1 is 1.21 bits per heavy atom. The molecule has 0 aliphatic carbocycles. The molecule has 0 saturated carbocycles. The number of rotatable bonds is 5. The van der Waals surface area contributed by atoms with Gasteiger partial charge >= 0.3 is 6.61 Å². The van der Waals surface area contributed by atoms with E-state index >= 15 is 0 Å². The van der Waals surface area contributed by atoms with Gasteiger partial charge in [-0.3, -0.25) is 9.59 Å². The third-order valence-electron chi connectivity index (χ3n) is 5.51. The molecule has 156 valence electrons. The summed E-state index contributed by atoms with van der Waals surface area (Å²) in [6.45, 7) is -0.925. The molecule has 1 amide bonds. The van der Waals surface area contributed by atoms with E-state index in [0.717, 1.165) is 25.2 Å². The predicted octanol–water partition coefficient (Wildman–Crippen LogP) is 2.55. The van der Waals surface area contributed by atoms with Crippen LogP contribution in [0.15, 0.2) is 47.3 Å². The maximum Gasteiger partial charge on any atom is 0.387 e. The molecule has 1 saturated heterocycles. The quantitative estimate of drug-likeness (QED) is 0.772. The van der Waals surface area contributed by atoms with Crippen molar-refractivity contribution in [1.29, 1.82) is 0 Å². The van der Waals surface area contributed by atoms with E-state index in [-0.39, 0.29) is 41.6 Å². The number of nitrogens with one attached hydrogen (secondary N) is 2. The molecule has 0 spiro atoms. The summed E-state index contributed by atoms with van der Waals surface area (Å²) < 4.78 is 30.6.